The fraction of sp³-hybridized carbons (Fsp3) is 0.263. The Morgan fingerprint density at radius 3 is 2.48 bits per heavy atom. The summed E-state index contributed by atoms with van der Waals surface area (Å²) in [6.07, 6.45) is 2.30. The van der Waals surface area contributed by atoms with Crippen LogP contribution in [0.2, 0.25) is 0 Å². The van der Waals surface area contributed by atoms with Crippen LogP contribution in [-0.2, 0) is 6.54 Å². The zero-order chi connectivity index (χ0) is 17.2. The lowest BCUT2D eigenvalue weighted by atomic mass is 10.2. The molecule has 1 saturated carbocycles. The first-order valence-corrected chi connectivity index (χ1v) is 8.36. The molecule has 3 aromatic rings. The van der Waals surface area contributed by atoms with Crippen LogP contribution in [0.1, 0.15) is 29.0 Å². The Morgan fingerprint density at radius 1 is 1.04 bits per heavy atom. The molecule has 1 aromatic heterocycles. The smallest absolute Gasteiger partial charge is 0.293 e. The molecule has 6 heteroatoms. The molecule has 0 radical (unpaired) electrons. The van der Waals surface area contributed by atoms with Crippen LogP contribution in [0.15, 0.2) is 48.5 Å². The van der Waals surface area contributed by atoms with Gasteiger partial charge in [-0.15, -0.1) is 10.2 Å². The first-order chi connectivity index (χ1) is 12.2. The second-order valence-corrected chi connectivity index (χ2v) is 6.42. The van der Waals surface area contributed by atoms with E-state index in [4.69, 9.17) is 0 Å². The van der Waals surface area contributed by atoms with Crippen LogP contribution < -0.4 is 0 Å². The summed E-state index contributed by atoms with van der Waals surface area (Å²) in [6, 6.07) is 14.3. The number of amides is 1. The van der Waals surface area contributed by atoms with E-state index in [-0.39, 0.29) is 17.5 Å². The predicted octanol–water partition coefficient (Wildman–Crippen LogP) is 2.78. The number of hydrogen-bond donors (Lipinski definition) is 1. The van der Waals surface area contributed by atoms with Crippen molar-refractivity contribution in [2.75, 3.05) is 6.54 Å². The molecule has 0 saturated heterocycles. The van der Waals surface area contributed by atoms with Gasteiger partial charge in [0.1, 0.15) is 11.3 Å². The van der Waals surface area contributed by atoms with Gasteiger partial charge in [-0.1, -0.05) is 24.3 Å². The molecule has 1 amide bonds. The average Bonchev–Trinajstić information content (AvgIpc) is 3.46. The molecule has 25 heavy (non-hydrogen) atoms. The number of hydrogen-bond acceptors (Lipinski definition) is 5. The van der Waals surface area contributed by atoms with Crippen molar-refractivity contribution in [3.05, 3.63) is 59.9 Å². The van der Waals surface area contributed by atoms with Crippen LogP contribution in [-0.4, -0.2) is 37.6 Å². The Morgan fingerprint density at radius 2 is 1.76 bits per heavy atom. The van der Waals surface area contributed by atoms with Crippen molar-refractivity contribution in [2.45, 2.75) is 19.4 Å². The van der Waals surface area contributed by atoms with Crippen LogP contribution in [0, 0.1) is 5.92 Å². The third-order valence-corrected chi connectivity index (χ3v) is 4.32. The van der Waals surface area contributed by atoms with Crippen molar-refractivity contribution in [3.8, 4) is 5.75 Å². The summed E-state index contributed by atoms with van der Waals surface area (Å²) in [5, 5.41) is 17.5. The fourth-order valence-electron chi connectivity index (χ4n) is 2.77. The van der Waals surface area contributed by atoms with E-state index >= 15 is 0 Å². The molecule has 126 valence electrons. The first-order valence-electron chi connectivity index (χ1n) is 8.36. The van der Waals surface area contributed by atoms with E-state index in [1.165, 1.54) is 0 Å². The van der Waals surface area contributed by atoms with Crippen LogP contribution in [0.3, 0.4) is 0 Å². The molecule has 2 aromatic carbocycles. The molecule has 0 aliphatic heterocycles. The molecule has 0 bridgehead atoms. The van der Waals surface area contributed by atoms with E-state index in [0.717, 1.165) is 18.4 Å². The van der Waals surface area contributed by atoms with E-state index in [1.54, 1.807) is 17.0 Å². The molecule has 1 aliphatic rings. The molecule has 1 N–H and O–H groups in total. The molecule has 0 atom stereocenters. The Balaban J connectivity index is 1.60. The van der Waals surface area contributed by atoms with Gasteiger partial charge >= 0.3 is 0 Å². The highest BCUT2D eigenvalue weighted by Crippen LogP contribution is 2.30. The molecular weight excluding hydrogens is 316 g/mol. The van der Waals surface area contributed by atoms with E-state index in [1.807, 2.05) is 36.4 Å². The molecule has 0 spiro atoms. The highest BCUT2D eigenvalue weighted by Gasteiger charge is 2.28. The van der Waals surface area contributed by atoms with Gasteiger partial charge < -0.3 is 10.0 Å². The van der Waals surface area contributed by atoms with Gasteiger partial charge in [0, 0.05) is 13.1 Å². The number of rotatable bonds is 5. The minimum Gasteiger partial charge on any atom is -0.508 e. The third kappa shape index (κ3) is 3.57. The van der Waals surface area contributed by atoms with E-state index < -0.39 is 0 Å². The van der Waals surface area contributed by atoms with E-state index in [9.17, 15) is 9.90 Å². The second kappa shape index (κ2) is 6.47. The Labute approximate surface area is 145 Å². The summed E-state index contributed by atoms with van der Waals surface area (Å²) in [5.74, 6) is 0.678. The highest BCUT2D eigenvalue weighted by molar-refractivity contribution is 5.91. The van der Waals surface area contributed by atoms with Crippen LogP contribution in [0.4, 0.5) is 0 Å². The predicted molar refractivity (Wildman–Crippen MR) is 92.9 cm³/mol. The maximum absolute atomic E-state index is 12.9. The van der Waals surface area contributed by atoms with Gasteiger partial charge in [-0.25, -0.2) is 4.98 Å². The Kier molecular flexibility index (Phi) is 4.01. The van der Waals surface area contributed by atoms with E-state index in [0.29, 0.717) is 30.0 Å². The minimum atomic E-state index is -0.210. The SMILES string of the molecule is O=C(c1nnc2ccccc2n1)N(Cc1ccc(O)cc1)CC1CC1. The standard InChI is InChI=1S/C19H18N4O2/c24-15-9-7-14(8-10-15)12-23(11-13-5-6-13)19(25)18-20-16-3-1-2-4-17(16)21-22-18/h1-4,7-10,13,24H,5-6,11-12H2. The van der Waals surface area contributed by atoms with Crippen molar-refractivity contribution in [1.82, 2.24) is 20.1 Å². The molecule has 1 aliphatic carbocycles. The normalized spacial score (nSPS) is 13.8. The topological polar surface area (TPSA) is 79.2 Å². The average molecular weight is 334 g/mol. The highest BCUT2D eigenvalue weighted by atomic mass is 16.3. The van der Waals surface area contributed by atoms with Crippen molar-refractivity contribution in [1.29, 1.82) is 0 Å². The first kappa shape index (κ1) is 15.5. The maximum Gasteiger partial charge on any atom is 0.293 e. The summed E-state index contributed by atoms with van der Waals surface area (Å²) < 4.78 is 0. The number of phenols is 1. The van der Waals surface area contributed by atoms with Gasteiger partial charge in [0.25, 0.3) is 5.91 Å². The zero-order valence-electron chi connectivity index (χ0n) is 13.7. The van der Waals surface area contributed by atoms with Crippen molar-refractivity contribution >= 4 is 16.9 Å². The molecule has 6 nitrogen and oxygen atoms in total. The summed E-state index contributed by atoms with van der Waals surface area (Å²) >= 11 is 0. The van der Waals surface area contributed by atoms with Crippen molar-refractivity contribution < 1.29 is 9.90 Å². The lowest BCUT2D eigenvalue weighted by Crippen LogP contribution is -2.33. The quantitative estimate of drug-likeness (QED) is 0.776. The lowest BCUT2D eigenvalue weighted by Gasteiger charge is -2.22. The molecule has 1 heterocycles. The minimum absolute atomic E-state index is 0.123. The zero-order valence-corrected chi connectivity index (χ0v) is 13.7. The number of para-hydroxylation sites is 1. The van der Waals surface area contributed by atoms with Gasteiger partial charge in [0.05, 0.1) is 5.52 Å². The Hall–Kier alpha value is -3.02. The summed E-state index contributed by atoms with van der Waals surface area (Å²) in [5.41, 5.74) is 2.30. The molecule has 1 fully saturated rings. The Bertz CT molecular complexity index is 907. The van der Waals surface area contributed by atoms with E-state index in [2.05, 4.69) is 15.2 Å². The summed E-state index contributed by atoms with van der Waals surface area (Å²) in [6.45, 7) is 1.15. The van der Waals surface area contributed by atoms with Crippen LogP contribution in [0.25, 0.3) is 11.0 Å². The maximum atomic E-state index is 12.9. The van der Waals surface area contributed by atoms with Gasteiger partial charge in [-0.2, -0.15) is 0 Å². The number of aromatic hydroxyl groups is 1. The van der Waals surface area contributed by atoms with Crippen LogP contribution in [0.5, 0.6) is 5.75 Å². The monoisotopic (exact) mass is 334 g/mol. The third-order valence-electron chi connectivity index (χ3n) is 4.32. The van der Waals surface area contributed by atoms with Crippen molar-refractivity contribution in [2.24, 2.45) is 5.92 Å². The van der Waals surface area contributed by atoms with Gasteiger partial charge in [0.2, 0.25) is 5.82 Å². The van der Waals surface area contributed by atoms with Gasteiger partial charge in [-0.3, -0.25) is 4.79 Å². The summed E-state index contributed by atoms with van der Waals surface area (Å²) in [7, 11) is 0. The number of aromatic nitrogens is 3. The van der Waals surface area contributed by atoms with Gasteiger partial charge in [-0.05, 0) is 48.6 Å². The number of nitrogens with zero attached hydrogens (tertiary/aromatic N) is 4. The lowest BCUT2D eigenvalue weighted by molar-refractivity contribution is 0.0721. The fourth-order valence-corrected chi connectivity index (χ4v) is 2.77. The summed E-state index contributed by atoms with van der Waals surface area (Å²) in [4.78, 5) is 19.1. The van der Waals surface area contributed by atoms with Crippen molar-refractivity contribution in [3.63, 3.8) is 0 Å². The number of phenolic OH excluding ortho intramolecular Hbond substituents is 1. The largest absolute Gasteiger partial charge is 0.508 e. The number of benzene rings is 2. The van der Waals surface area contributed by atoms with Crippen LogP contribution >= 0.6 is 0 Å². The second-order valence-electron chi connectivity index (χ2n) is 6.42. The number of carbonyl (C=O) groups is 1. The number of fused-ring (bicyclic) bond motifs is 1. The molecular formula is C19H18N4O2. The number of carbonyl (C=O) groups excluding carboxylic acids is 1. The van der Waals surface area contributed by atoms with Gasteiger partial charge in [0.15, 0.2) is 0 Å². The molecule has 4 rings (SSSR count). The molecule has 0 unspecified atom stereocenters.